The van der Waals surface area contributed by atoms with Crippen LogP contribution in [0.5, 0.6) is 0 Å². The number of imidazole rings is 1. The largest absolute Gasteiger partial charge is 0.335 e. The number of rotatable bonds is 8. The van der Waals surface area contributed by atoms with Crippen molar-refractivity contribution in [1.82, 2.24) is 14.7 Å². The molecule has 0 amide bonds. The summed E-state index contributed by atoms with van der Waals surface area (Å²) in [4.78, 5) is 6.27. The molecule has 0 spiro atoms. The lowest BCUT2D eigenvalue weighted by atomic mass is 10.0. The predicted molar refractivity (Wildman–Crippen MR) is 67.5 cm³/mol. The minimum absolute atomic E-state index is 0.0959. The minimum atomic E-state index is -3.46. The summed E-state index contributed by atoms with van der Waals surface area (Å²) in [6.45, 7) is 2.49. The quantitative estimate of drug-likeness (QED) is 0.712. The van der Waals surface area contributed by atoms with Crippen molar-refractivity contribution in [2.75, 3.05) is 12.4 Å². The Kier molecular flexibility index (Phi) is 5.94. The monoisotopic (exact) mass is 279 g/mol. The van der Waals surface area contributed by atoms with Crippen LogP contribution in [0.25, 0.3) is 0 Å². The Balaban J connectivity index is 2.53. The van der Waals surface area contributed by atoms with Gasteiger partial charge in [-0.05, 0) is 18.8 Å². The van der Waals surface area contributed by atoms with Crippen molar-refractivity contribution >= 4 is 21.6 Å². The third-order valence-corrected chi connectivity index (χ3v) is 4.11. The van der Waals surface area contributed by atoms with Crippen LogP contribution in [-0.2, 0) is 10.0 Å². The summed E-state index contributed by atoms with van der Waals surface area (Å²) in [5.74, 6) is 0.839. The van der Waals surface area contributed by atoms with Gasteiger partial charge in [0.05, 0.1) is 12.5 Å². The fourth-order valence-electron chi connectivity index (χ4n) is 1.61. The predicted octanol–water partition coefficient (Wildman–Crippen LogP) is 1.73. The van der Waals surface area contributed by atoms with Crippen LogP contribution in [0, 0.1) is 5.92 Å². The van der Waals surface area contributed by atoms with Crippen LogP contribution < -0.4 is 4.72 Å². The van der Waals surface area contributed by atoms with Gasteiger partial charge in [-0.2, -0.15) is 0 Å². The maximum atomic E-state index is 11.8. The molecule has 5 nitrogen and oxygen atoms in total. The van der Waals surface area contributed by atoms with Crippen molar-refractivity contribution in [1.29, 1.82) is 0 Å². The molecule has 0 aromatic carbocycles. The van der Waals surface area contributed by atoms with Gasteiger partial charge in [0.2, 0.25) is 0 Å². The topological polar surface area (TPSA) is 74.8 Å². The molecular weight excluding hydrogens is 262 g/mol. The Morgan fingerprint density at radius 3 is 2.82 bits per heavy atom. The number of nitrogens with zero attached hydrogens (tertiary/aromatic N) is 1. The normalized spacial score (nSPS) is 13.8. The Labute approximate surface area is 107 Å². The first-order valence-corrected chi connectivity index (χ1v) is 7.66. The molecule has 0 aliphatic carbocycles. The lowest BCUT2D eigenvalue weighted by molar-refractivity contribution is 0.456. The molecule has 0 fully saturated rings. The first-order chi connectivity index (χ1) is 8.10. The first-order valence-electron chi connectivity index (χ1n) is 5.64. The van der Waals surface area contributed by atoms with Gasteiger partial charge in [-0.25, -0.2) is 18.1 Å². The molecule has 17 heavy (non-hydrogen) atoms. The summed E-state index contributed by atoms with van der Waals surface area (Å²) in [7, 11) is -3.46. The van der Waals surface area contributed by atoms with Crippen LogP contribution in [0.2, 0.25) is 0 Å². The number of halogens is 1. The average Bonchev–Trinajstić information content (AvgIpc) is 2.81. The summed E-state index contributed by atoms with van der Waals surface area (Å²) in [6, 6.07) is 0. The van der Waals surface area contributed by atoms with Crippen molar-refractivity contribution in [3.8, 4) is 0 Å². The second-order valence-corrected chi connectivity index (χ2v) is 6.01. The van der Waals surface area contributed by atoms with E-state index in [0.717, 1.165) is 19.3 Å². The van der Waals surface area contributed by atoms with Gasteiger partial charge in [0, 0.05) is 12.4 Å². The highest BCUT2D eigenvalue weighted by Gasteiger charge is 2.17. The first kappa shape index (κ1) is 14.5. The highest BCUT2D eigenvalue weighted by Crippen LogP contribution is 2.12. The summed E-state index contributed by atoms with van der Waals surface area (Å²) >= 11 is 5.69. The Morgan fingerprint density at radius 1 is 1.53 bits per heavy atom. The Hall–Kier alpha value is -0.590. The van der Waals surface area contributed by atoms with Gasteiger partial charge >= 0.3 is 0 Å². The molecule has 0 bridgehead atoms. The van der Waals surface area contributed by atoms with E-state index in [1.165, 1.54) is 12.5 Å². The highest BCUT2D eigenvalue weighted by molar-refractivity contribution is 7.89. The fourth-order valence-corrected chi connectivity index (χ4v) is 2.93. The molecule has 1 heterocycles. The van der Waals surface area contributed by atoms with Gasteiger partial charge in [-0.1, -0.05) is 13.3 Å². The lowest BCUT2D eigenvalue weighted by Gasteiger charge is -2.15. The van der Waals surface area contributed by atoms with Crippen LogP contribution >= 0.6 is 11.6 Å². The van der Waals surface area contributed by atoms with Crippen molar-refractivity contribution in [3.05, 3.63) is 12.5 Å². The van der Waals surface area contributed by atoms with E-state index in [1.54, 1.807) is 0 Å². The van der Waals surface area contributed by atoms with Crippen LogP contribution in [0.3, 0.4) is 0 Å². The van der Waals surface area contributed by atoms with Gasteiger partial charge in [-0.15, -0.1) is 11.6 Å². The summed E-state index contributed by atoms with van der Waals surface area (Å²) in [6.07, 6.45) is 5.45. The maximum Gasteiger partial charge on any atom is 0.257 e. The number of hydrogen-bond donors (Lipinski definition) is 2. The fraction of sp³-hybridized carbons (Fsp3) is 0.700. The van der Waals surface area contributed by atoms with Crippen LogP contribution in [0.15, 0.2) is 17.6 Å². The van der Waals surface area contributed by atoms with Gasteiger partial charge in [0.1, 0.15) is 0 Å². The molecule has 0 saturated heterocycles. The van der Waals surface area contributed by atoms with E-state index in [2.05, 4.69) is 21.6 Å². The summed E-state index contributed by atoms with van der Waals surface area (Å²) < 4.78 is 26.2. The van der Waals surface area contributed by atoms with Gasteiger partial charge in [0.15, 0.2) is 5.03 Å². The number of H-pyrrole nitrogens is 1. The van der Waals surface area contributed by atoms with Gasteiger partial charge in [0.25, 0.3) is 10.0 Å². The zero-order valence-corrected chi connectivity index (χ0v) is 11.4. The molecule has 0 radical (unpaired) electrons. The standard InChI is InChI=1S/C10H18ClN3O2S/c1-2-3-9(4-5-11)6-14-17(15,16)10-7-12-8-13-10/h7-9,14H,2-6H2,1H3,(H,12,13). The Bertz CT molecular complexity index is 399. The Morgan fingerprint density at radius 2 is 2.29 bits per heavy atom. The zero-order valence-electron chi connectivity index (χ0n) is 9.82. The van der Waals surface area contributed by atoms with Gasteiger partial charge < -0.3 is 4.98 Å². The molecule has 98 valence electrons. The second kappa shape index (κ2) is 6.98. The van der Waals surface area contributed by atoms with E-state index in [9.17, 15) is 8.42 Å². The SMILES string of the molecule is CCCC(CCCl)CNS(=O)(=O)c1cnc[nH]1. The van der Waals surface area contributed by atoms with Crippen LogP contribution in [-0.4, -0.2) is 30.8 Å². The molecular formula is C10H18ClN3O2S. The molecule has 0 saturated carbocycles. The molecule has 7 heteroatoms. The molecule has 0 aliphatic rings. The summed E-state index contributed by atoms with van der Waals surface area (Å²) in [5, 5.41) is 0.0959. The average molecular weight is 280 g/mol. The number of hydrogen-bond acceptors (Lipinski definition) is 3. The third-order valence-electron chi connectivity index (χ3n) is 2.54. The molecule has 2 N–H and O–H groups in total. The minimum Gasteiger partial charge on any atom is -0.335 e. The van der Waals surface area contributed by atoms with E-state index < -0.39 is 10.0 Å². The zero-order chi connectivity index (χ0) is 12.7. The van der Waals surface area contributed by atoms with Crippen molar-refractivity contribution in [3.63, 3.8) is 0 Å². The number of sulfonamides is 1. The van der Waals surface area contributed by atoms with Crippen LogP contribution in [0.1, 0.15) is 26.2 Å². The molecule has 1 unspecified atom stereocenters. The van der Waals surface area contributed by atoms with Crippen molar-refractivity contribution < 1.29 is 8.42 Å². The number of aromatic nitrogens is 2. The molecule has 1 atom stereocenters. The van der Waals surface area contributed by atoms with E-state index in [4.69, 9.17) is 11.6 Å². The number of nitrogens with one attached hydrogen (secondary N) is 2. The van der Waals surface area contributed by atoms with Gasteiger partial charge in [-0.3, -0.25) is 0 Å². The maximum absolute atomic E-state index is 11.8. The smallest absolute Gasteiger partial charge is 0.257 e. The molecule has 0 aliphatic heterocycles. The number of aromatic amines is 1. The molecule has 1 aromatic rings. The molecule has 1 rings (SSSR count). The molecule has 1 aromatic heterocycles. The second-order valence-electron chi connectivity index (χ2n) is 3.90. The lowest BCUT2D eigenvalue weighted by Crippen LogP contribution is -2.29. The van der Waals surface area contributed by atoms with E-state index >= 15 is 0 Å². The highest BCUT2D eigenvalue weighted by atomic mass is 35.5. The van der Waals surface area contributed by atoms with Crippen molar-refractivity contribution in [2.45, 2.75) is 31.2 Å². The van der Waals surface area contributed by atoms with E-state index in [-0.39, 0.29) is 10.9 Å². The number of alkyl halides is 1. The summed E-state index contributed by atoms with van der Waals surface area (Å²) in [5.41, 5.74) is 0. The van der Waals surface area contributed by atoms with E-state index in [0.29, 0.717) is 12.4 Å². The third kappa shape index (κ3) is 4.65. The van der Waals surface area contributed by atoms with Crippen molar-refractivity contribution in [2.24, 2.45) is 5.92 Å². The van der Waals surface area contributed by atoms with Crippen LogP contribution in [0.4, 0.5) is 0 Å². The van der Waals surface area contributed by atoms with E-state index in [1.807, 2.05) is 0 Å².